The number of esters is 2. The third-order valence-corrected chi connectivity index (χ3v) is 11.2. The minimum Gasteiger partial charge on any atom is -0.462 e. The highest BCUT2D eigenvalue weighted by Gasteiger charge is 2.17. The van der Waals surface area contributed by atoms with E-state index in [-0.39, 0.29) is 25.2 Å². The highest BCUT2D eigenvalue weighted by molar-refractivity contribution is 5.70. The molecule has 5 nitrogen and oxygen atoms in total. The van der Waals surface area contributed by atoms with E-state index >= 15 is 0 Å². The minimum atomic E-state index is -0.548. The fourth-order valence-electron chi connectivity index (χ4n) is 7.30. The maximum Gasteiger partial charge on any atom is 0.306 e. The molecule has 0 fully saturated rings. The molecule has 0 spiro atoms. The normalized spacial score (nSPS) is 12.8. The highest BCUT2D eigenvalue weighted by atomic mass is 16.6. The van der Waals surface area contributed by atoms with Crippen molar-refractivity contribution in [3.63, 3.8) is 0 Å². The Balaban J connectivity index is 4.26. The summed E-state index contributed by atoms with van der Waals surface area (Å²) in [5.74, 6) is -0.418. The molecule has 5 heteroatoms. The van der Waals surface area contributed by atoms with Crippen LogP contribution in [0.5, 0.6) is 0 Å². The molecule has 0 rings (SSSR count). The molecule has 0 aromatic carbocycles. The molecule has 62 heavy (non-hydrogen) atoms. The van der Waals surface area contributed by atoms with Gasteiger partial charge in [0.2, 0.25) is 0 Å². The molecule has 0 N–H and O–H groups in total. The van der Waals surface area contributed by atoms with Gasteiger partial charge in [-0.25, -0.2) is 0 Å². The van der Waals surface area contributed by atoms with Gasteiger partial charge in [-0.3, -0.25) is 9.59 Å². The van der Waals surface area contributed by atoms with Crippen LogP contribution in [0.15, 0.2) is 72.9 Å². The molecule has 0 aliphatic rings. The zero-order valence-corrected chi connectivity index (χ0v) is 41.1. The van der Waals surface area contributed by atoms with E-state index in [1.807, 2.05) is 0 Å². The van der Waals surface area contributed by atoms with E-state index in [2.05, 4.69) is 93.7 Å². The van der Waals surface area contributed by atoms with Crippen LogP contribution in [0, 0.1) is 0 Å². The number of hydrogen-bond donors (Lipinski definition) is 0. The summed E-state index contributed by atoms with van der Waals surface area (Å²) in [6.45, 7) is 7.66. The summed E-state index contributed by atoms with van der Waals surface area (Å²) in [4.78, 5) is 25.4. The number of carbonyl (C=O) groups excluding carboxylic acids is 2. The van der Waals surface area contributed by atoms with Gasteiger partial charge in [-0.1, -0.05) is 222 Å². The second kappa shape index (κ2) is 52.7. The van der Waals surface area contributed by atoms with Crippen molar-refractivity contribution in [1.82, 2.24) is 0 Å². The van der Waals surface area contributed by atoms with Crippen molar-refractivity contribution < 1.29 is 23.8 Å². The Kier molecular flexibility index (Phi) is 50.4. The number of carbonyl (C=O) groups is 2. The highest BCUT2D eigenvalue weighted by Crippen LogP contribution is 2.14. The van der Waals surface area contributed by atoms with Gasteiger partial charge >= 0.3 is 11.9 Å². The van der Waals surface area contributed by atoms with Crippen molar-refractivity contribution in [3.05, 3.63) is 72.9 Å². The van der Waals surface area contributed by atoms with Gasteiger partial charge in [-0.05, 0) is 89.9 Å². The summed E-state index contributed by atoms with van der Waals surface area (Å²) in [5.41, 5.74) is 0. The summed E-state index contributed by atoms with van der Waals surface area (Å²) in [6.07, 6.45) is 67.7. The molecule has 0 saturated heterocycles. The van der Waals surface area contributed by atoms with Crippen LogP contribution in [0.2, 0.25) is 0 Å². The Morgan fingerprint density at radius 1 is 0.371 bits per heavy atom. The molecule has 1 unspecified atom stereocenters. The van der Waals surface area contributed by atoms with E-state index in [1.165, 1.54) is 135 Å². The van der Waals surface area contributed by atoms with Crippen LogP contribution in [0.3, 0.4) is 0 Å². The molecule has 1 atom stereocenters. The quantitative estimate of drug-likeness (QED) is 0.0346. The van der Waals surface area contributed by atoms with Gasteiger partial charge in [0.05, 0.1) is 6.61 Å². The lowest BCUT2D eigenvalue weighted by Crippen LogP contribution is -2.30. The van der Waals surface area contributed by atoms with Crippen LogP contribution < -0.4 is 0 Å². The van der Waals surface area contributed by atoms with Crippen molar-refractivity contribution in [1.29, 1.82) is 0 Å². The molecule has 0 radical (unpaired) electrons. The average molecular weight is 865 g/mol. The molecule has 0 aromatic rings. The number of rotatable bonds is 48. The van der Waals surface area contributed by atoms with Crippen LogP contribution in [-0.4, -0.2) is 37.9 Å². The lowest BCUT2D eigenvalue weighted by molar-refractivity contribution is -0.163. The Morgan fingerprint density at radius 3 is 1.19 bits per heavy atom. The van der Waals surface area contributed by atoms with E-state index in [9.17, 15) is 9.59 Å². The maximum atomic E-state index is 12.8. The van der Waals surface area contributed by atoms with E-state index in [0.717, 1.165) is 83.5 Å². The van der Waals surface area contributed by atoms with Gasteiger partial charge in [0.25, 0.3) is 0 Å². The van der Waals surface area contributed by atoms with Crippen molar-refractivity contribution in [2.24, 2.45) is 0 Å². The number of allylic oxidation sites excluding steroid dienone is 12. The first-order valence-corrected chi connectivity index (χ1v) is 26.5. The van der Waals surface area contributed by atoms with Crippen molar-refractivity contribution in [2.45, 2.75) is 258 Å². The molecule has 0 aliphatic carbocycles. The molecule has 0 heterocycles. The van der Waals surface area contributed by atoms with E-state index < -0.39 is 6.10 Å². The molecule has 0 aromatic heterocycles. The Labute approximate surface area is 385 Å². The third kappa shape index (κ3) is 50.0. The standard InChI is InChI=1S/C57H100O5/c1-4-7-10-13-16-19-22-24-26-27-28-29-30-32-34-37-40-43-46-49-52-60-53-55(62-57(59)51-48-45-42-39-35-21-18-15-12-9-6-3)54-61-56(58)50-47-44-41-38-36-33-31-25-23-20-17-14-11-8-5-2/h8,11,16-17,19-20,24-26,28-29,31,55H,4-7,9-10,12-15,18,21-23,27,30,32-54H2,1-3H3/b11-8-,19-16-,20-17-,26-24-,29-28-,31-25-. The van der Waals surface area contributed by atoms with Gasteiger partial charge in [0.1, 0.15) is 6.61 Å². The number of ether oxygens (including phenoxy) is 3. The van der Waals surface area contributed by atoms with E-state index in [4.69, 9.17) is 14.2 Å². The minimum absolute atomic E-state index is 0.0720. The van der Waals surface area contributed by atoms with E-state index in [1.54, 1.807) is 0 Å². The zero-order chi connectivity index (χ0) is 44.9. The van der Waals surface area contributed by atoms with Crippen molar-refractivity contribution >= 4 is 11.9 Å². The largest absolute Gasteiger partial charge is 0.462 e. The van der Waals surface area contributed by atoms with Gasteiger partial charge in [0.15, 0.2) is 6.10 Å². The van der Waals surface area contributed by atoms with Crippen LogP contribution >= 0.6 is 0 Å². The second-order valence-electron chi connectivity index (χ2n) is 17.4. The van der Waals surface area contributed by atoms with Gasteiger partial charge in [-0.2, -0.15) is 0 Å². The molecular weight excluding hydrogens is 765 g/mol. The first-order chi connectivity index (χ1) is 30.6. The second-order valence-corrected chi connectivity index (χ2v) is 17.4. The van der Waals surface area contributed by atoms with Crippen LogP contribution in [-0.2, 0) is 23.8 Å². The molecule has 0 aliphatic heterocycles. The third-order valence-electron chi connectivity index (χ3n) is 11.2. The topological polar surface area (TPSA) is 61.8 Å². The van der Waals surface area contributed by atoms with Gasteiger partial charge in [0, 0.05) is 19.4 Å². The van der Waals surface area contributed by atoms with Crippen LogP contribution in [0.4, 0.5) is 0 Å². The molecule has 0 amide bonds. The van der Waals surface area contributed by atoms with E-state index in [0.29, 0.717) is 19.4 Å². The summed E-state index contributed by atoms with van der Waals surface area (Å²) < 4.78 is 17.4. The lowest BCUT2D eigenvalue weighted by atomic mass is 10.1. The summed E-state index contributed by atoms with van der Waals surface area (Å²) in [6, 6.07) is 0. The maximum absolute atomic E-state index is 12.8. The first-order valence-electron chi connectivity index (χ1n) is 26.5. The van der Waals surface area contributed by atoms with Gasteiger partial charge in [-0.15, -0.1) is 0 Å². The number of hydrogen-bond acceptors (Lipinski definition) is 5. The van der Waals surface area contributed by atoms with Gasteiger partial charge < -0.3 is 14.2 Å². The SMILES string of the molecule is CC/C=C\C/C=C\C/C=C\CCCCCCCC(=O)OCC(COCCCCCCCCC/C=C\C/C=C\C/C=C\CCCCC)OC(=O)CCCCCCCCCCCCC. The predicted octanol–water partition coefficient (Wildman–Crippen LogP) is 17.9. The summed E-state index contributed by atoms with van der Waals surface area (Å²) >= 11 is 0. The van der Waals surface area contributed by atoms with Crippen molar-refractivity contribution in [2.75, 3.05) is 19.8 Å². The molecule has 358 valence electrons. The fraction of sp³-hybridized carbons (Fsp3) is 0.754. The fourth-order valence-corrected chi connectivity index (χ4v) is 7.30. The van der Waals surface area contributed by atoms with Crippen LogP contribution in [0.25, 0.3) is 0 Å². The summed E-state index contributed by atoms with van der Waals surface area (Å²) in [7, 11) is 0. The predicted molar refractivity (Wildman–Crippen MR) is 270 cm³/mol. The summed E-state index contributed by atoms with van der Waals surface area (Å²) in [5, 5.41) is 0. The Hall–Kier alpha value is -2.66. The molecular formula is C57H100O5. The lowest BCUT2D eigenvalue weighted by Gasteiger charge is -2.18. The number of unbranched alkanes of at least 4 members (excludes halogenated alkanes) is 25. The molecule has 0 saturated carbocycles. The first kappa shape index (κ1) is 59.3. The zero-order valence-electron chi connectivity index (χ0n) is 41.1. The Bertz CT molecular complexity index is 1110. The van der Waals surface area contributed by atoms with Crippen molar-refractivity contribution in [3.8, 4) is 0 Å². The van der Waals surface area contributed by atoms with Crippen LogP contribution in [0.1, 0.15) is 252 Å². The Morgan fingerprint density at radius 2 is 0.726 bits per heavy atom. The smallest absolute Gasteiger partial charge is 0.306 e. The monoisotopic (exact) mass is 865 g/mol. The average Bonchev–Trinajstić information content (AvgIpc) is 3.27. The molecule has 0 bridgehead atoms.